The van der Waals surface area contributed by atoms with Crippen LogP contribution in [0.25, 0.3) is 0 Å². The molecule has 1 atom stereocenters. The average molecular weight is 565 g/mol. The molecule has 0 heterocycles. The molecule has 1 N–H and O–H groups in total. The summed E-state index contributed by atoms with van der Waals surface area (Å²) >= 11 is 3.35. The van der Waals surface area contributed by atoms with Crippen molar-refractivity contribution in [3.63, 3.8) is 0 Å². The lowest BCUT2D eigenvalue weighted by atomic mass is 9.95. The van der Waals surface area contributed by atoms with Crippen LogP contribution in [-0.2, 0) is 26.0 Å². The first-order valence-electron chi connectivity index (χ1n) is 12.0. The number of nitrogens with zero attached hydrogens (tertiary/aromatic N) is 2. The van der Waals surface area contributed by atoms with E-state index in [4.69, 9.17) is 0 Å². The summed E-state index contributed by atoms with van der Waals surface area (Å²) in [6.45, 7) is 1.64. The molecule has 1 unspecified atom stereocenters. The third-order valence-electron chi connectivity index (χ3n) is 6.40. The molecule has 0 bridgehead atoms. The first-order chi connectivity index (χ1) is 16.6. The molecular formula is C26H34BrN3O4S. The normalized spacial score (nSPS) is 15.3. The van der Waals surface area contributed by atoms with E-state index in [1.807, 2.05) is 30.3 Å². The Kier molecular flexibility index (Phi) is 9.74. The minimum absolute atomic E-state index is 0.125. The Morgan fingerprint density at radius 1 is 1.03 bits per heavy atom. The van der Waals surface area contributed by atoms with Crippen LogP contribution < -0.4 is 9.62 Å². The number of hydrogen-bond donors (Lipinski definition) is 1. The smallest absolute Gasteiger partial charge is 0.244 e. The summed E-state index contributed by atoms with van der Waals surface area (Å²) in [5, 5.41) is 3.10. The maximum absolute atomic E-state index is 13.5. The third-order valence-corrected chi connectivity index (χ3v) is 8.07. The molecule has 1 aliphatic rings. The number of benzene rings is 2. The van der Waals surface area contributed by atoms with Gasteiger partial charge in [0.05, 0.1) is 11.9 Å². The van der Waals surface area contributed by atoms with Crippen molar-refractivity contribution in [2.24, 2.45) is 0 Å². The fraction of sp³-hybridized carbons (Fsp3) is 0.462. The van der Waals surface area contributed by atoms with Crippen LogP contribution in [0.5, 0.6) is 0 Å². The molecule has 0 saturated heterocycles. The summed E-state index contributed by atoms with van der Waals surface area (Å²) in [5.74, 6) is -0.617. The molecule has 1 saturated carbocycles. The predicted molar refractivity (Wildman–Crippen MR) is 143 cm³/mol. The minimum Gasteiger partial charge on any atom is -0.352 e. The van der Waals surface area contributed by atoms with Crippen LogP contribution in [0.2, 0.25) is 0 Å². The van der Waals surface area contributed by atoms with Gasteiger partial charge in [-0.25, -0.2) is 8.42 Å². The van der Waals surface area contributed by atoms with Crippen LogP contribution >= 0.6 is 15.9 Å². The topological polar surface area (TPSA) is 86.8 Å². The van der Waals surface area contributed by atoms with Gasteiger partial charge in [0.1, 0.15) is 12.6 Å². The summed E-state index contributed by atoms with van der Waals surface area (Å²) in [6.07, 6.45) is 6.89. The van der Waals surface area contributed by atoms with Gasteiger partial charge >= 0.3 is 0 Å². The van der Waals surface area contributed by atoms with E-state index in [0.717, 1.165) is 46.3 Å². The van der Waals surface area contributed by atoms with E-state index >= 15 is 0 Å². The molecule has 35 heavy (non-hydrogen) atoms. The van der Waals surface area contributed by atoms with Gasteiger partial charge < -0.3 is 10.2 Å². The Morgan fingerprint density at radius 3 is 2.26 bits per heavy atom. The van der Waals surface area contributed by atoms with Gasteiger partial charge in [-0.2, -0.15) is 0 Å². The van der Waals surface area contributed by atoms with Crippen molar-refractivity contribution in [3.8, 4) is 0 Å². The first-order valence-corrected chi connectivity index (χ1v) is 14.7. The zero-order valence-corrected chi connectivity index (χ0v) is 22.7. The highest BCUT2D eigenvalue weighted by molar-refractivity contribution is 9.10. The molecule has 1 aliphatic carbocycles. The van der Waals surface area contributed by atoms with E-state index in [1.165, 1.54) is 11.3 Å². The van der Waals surface area contributed by atoms with Crippen molar-refractivity contribution >= 4 is 43.5 Å². The Labute approximate surface area is 217 Å². The summed E-state index contributed by atoms with van der Waals surface area (Å²) in [5.41, 5.74) is 1.43. The van der Waals surface area contributed by atoms with Crippen LogP contribution in [0.3, 0.4) is 0 Å². The van der Waals surface area contributed by atoms with Gasteiger partial charge in [-0.05, 0) is 56.0 Å². The molecule has 0 spiro atoms. The van der Waals surface area contributed by atoms with E-state index in [1.54, 1.807) is 31.2 Å². The van der Waals surface area contributed by atoms with Crippen molar-refractivity contribution in [3.05, 3.63) is 64.6 Å². The number of nitrogens with one attached hydrogen (secondary N) is 1. The van der Waals surface area contributed by atoms with Crippen LogP contribution in [0.1, 0.15) is 44.6 Å². The van der Waals surface area contributed by atoms with Crippen molar-refractivity contribution < 1.29 is 18.0 Å². The third kappa shape index (κ3) is 8.07. The van der Waals surface area contributed by atoms with Gasteiger partial charge in [-0.1, -0.05) is 65.5 Å². The Morgan fingerprint density at radius 2 is 1.66 bits per heavy atom. The van der Waals surface area contributed by atoms with Gasteiger partial charge in [-0.15, -0.1) is 0 Å². The number of rotatable bonds is 10. The molecule has 0 aromatic heterocycles. The SMILES string of the molecule is CC(C(=O)NC1CCCCC1)N(CCc1ccccc1)C(=O)CN(c1ccc(Br)cc1)S(C)(=O)=O. The molecule has 2 amide bonds. The van der Waals surface area contributed by atoms with E-state index in [-0.39, 0.29) is 18.5 Å². The van der Waals surface area contributed by atoms with Crippen molar-refractivity contribution in [2.75, 3.05) is 23.7 Å². The lowest BCUT2D eigenvalue weighted by Gasteiger charge is -2.33. The summed E-state index contributed by atoms with van der Waals surface area (Å²) in [4.78, 5) is 28.1. The highest BCUT2D eigenvalue weighted by atomic mass is 79.9. The second kappa shape index (κ2) is 12.5. The predicted octanol–water partition coefficient (Wildman–Crippen LogP) is 4.12. The van der Waals surface area contributed by atoms with E-state index in [0.29, 0.717) is 18.7 Å². The second-order valence-corrected chi connectivity index (χ2v) is 11.9. The maximum atomic E-state index is 13.5. The van der Waals surface area contributed by atoms with E-state index in [9.17, 15) is 18.0 Å². The molecule has 2 aromatic rings. The molecule has 9 heteroatoms. The van der Waals surface area contributed by atoms with Gasteiger partial charge in [0, 0.05) is 17.1 Å². The minimum atomic E-state index is -3.73. The maximum Gasteiger partial charge on any atom is 0.244 e. The number of halogens is 1. The number of anilines is 1. The summed E-state index contributed by atoms with van der Waals surface area (Å²) in [6, 6.07) is 15.9. The standard InChI is InChI=1S/C26H34BrN3O4S/c1-20(26(32)28-23-11-7-4-8-12-23)29(18-17-21-9-5-3-6-10-21)25(31)19-30(35(2,33)34)24-15-13-22(27)14-16-24/h3,5-6,9-10,13-16,20,23H,4,7-8,11-12,17-19H2,1-2H3,(H,28,32). The molecule has 190 valence electrons. The number of amides is 2. The second-order valence-electron chi connectivity index (χ2n) is 9.09. The Hall–Kier alpha value is -2.39. The molecule has 3 rings (SSSR count). The molecular weight excluding hydrogens is 530 g/mol. The summed E-state index contributed by atoms with van der Waals surface area (Å²) < 4.78 is 27.1. The molecule has 1 fully saturated rings. The van der Waals surface area contributed by atoms with Crippen LogP contribution in [0.4, 0.5) is 5.69 Å². The number of hydrogen-bond acceptors (Lipinski definition) is 4. The van der Waals surface area contributed by atoms with Crippen molar-refractivity contribution in [2.45, 2.75) is 57.5 Å². The number of sulfonamides is 1. The molecule has 7 nitrogen and oxygen atoms in total. The number of carbonyl (C=O) groups is 2. The van der Waals surface area contributed by atoms with Crippen LogP contribution in [0.15, 0.2) is 59.1 Å². The zero-order chi connectivity index (χ0) is 25.4. The lowest BCUT2D eigenvalue weighted by molar-refractivity contribution is -0.139. The largest absolute Gasteiger partial charge is 0.352 e. The van der Waals surface area contributed by atoms with Crippen LogP contribution in [0, 0.1) is 0 Å². The highest BCUT2D eigenvalue weighted by Gasteiger charge is 2.30. The van der Waals surface area contributed by atoms with E-state index < -0.39 is 22.0 Å². The number of carbonyl (C=O) groups excluding carboxylic acids is 2. The van der Waals surface area contributed by atoms with Crippen LogP contribution in [-0.4, -0.2) is 56.6 Å². The van der Waals surface area contributed by atoms with Gasteiger partial charge in [0.2, 0.25) is 21.8 Å². The Bertz CT molecular complexity index is 1090. The van der Waals surface area contributed by atoms with Gasteiger partial charge in [0.15, 0.2) is 0 Å². The lowest BCUT2D eigenvalue weighted by Crippen LogP contribution is -2.53. The van der Waals surface area contributed by atoms with E-state index in [2.05, 4.69) is 21.2 Å². The van der Waals surface area contributed by atoms with Crippen molar-refractivity contribution in [1.82, 2.24) is 10.2 Å². The Balaban J connectivity index is 1.80. The molecule has 0 radical (unpaired) electrons. The van der Waals surface area contributed by atoms with Gasteiger partial charge in [0.25, 0.3) is 0 Å². The fourth-order valence-electron chi connectivity index (χ4n) is 4.36. The van der Waals surface area contributed by atoms with Crippen molar-refractivity contribution in [1.29, 1.82) is 0 Å². The average Bonchev–Trinajstić information content (AvgIpc) is 2.84. The van der Waals surface area contributed by atoms with Gasteiger partial charge in [-0.3, -0.25) is 13.9 Å². The first kappa shape index (κ1) is 27.2. The fourth-order valence-corrected chi connectivity index (χ4v) is 5.47. The molecule has 0 aliphatic heterocycles. The summed E-state index contributed by atoms with van der Waals surface area (Å²) in [7, 11) is -3.73. The molecule has 2 aromatic carbocycles. The highest BCUT2D eigenvalue weighted by Crippen LogP contribution is 2.22. The zero-order valence-electron chi connectivity index (χ0n) is 20.3. The quantitative estimate of drug-likeness (QED) is 0.471. The monoisotopic (exact) mass is 563 g/mol.